The number of carbonyl (C=O) groups excluding carboxylic acids is 2. The van der Waals surface area contributed by atoms with Gasteiger partial charge in [0.25, 0.3) is 0 Å². The Kier molecular flexibility index (Phi) is 9.05. The molecule has 3 N–H and O–H groups in total. The fourth-order valence-electron chi connectivity index (χ4n) is 1.41. The molecule has 2 radical (unpaired) electrons. The van der Waals surface area contributed by atoms with Crippen LogP contribution in [0.4, 0.5) is 4.79 Å². The van der Waals surface area contributed by atoms with E-state index in [4.69, 9.17) is 17.8 Å². The number of amides is 1. The van der Waals surface area contributed by atoms with Crippen LogP contribution >= 0.6 is 0 Å². The number of ether oxygens (including phenoxy) is 1. The normalized spacial score (nSPS) is 12.4. The van der Waals surface area contributed by atoms with E-state index in [1.54, 1.807) is 47.9 Å². The Morgan fingerprint density at radius 3 is 2.27 bits per heavy atom. The van der Waals surface area contributed by atoms with Gasteiger partial charge >= 0.3 is 12.1 Å². The molecule has 26 heavy (non-hydrogen) atoms. The highest BCUT2D eigenvalue weighted by Gasteiger charge is 2.23. The first-order valence-corrected chi connectivity index (χ1v) is 7.95. The maximum atomic E-state index is 11.5. The van der Waals surface area contributed by atoms with Gasteiger partial charge < -0.3 is 29.7 Å². The van der Waals surface area contributed by atoms with Gasteiger partial charge in [-0.15, -0.1) is 0 Å². The van der Waals surface area contributed by atoms with Gasteiger partial charge in [0.05, 0.1) is 18.1 Å². The van der Waals surface area contributed by atoms with E-state index in [0.717, 1.165) is 0 Å². The van der Waals surface area contributed by atoms with Gasteiger partial charge in [-0.25, -0.2) is 9.78 Å². The minimum atomic E-state index is -0.833. The number of aromatic nitrogens is 2. The Morgan fingerprint density at radius 1 is 1.38 bits per heavy atom. The summed E-state index contributed by atoms with van der Waals surface area (Å²) in [5, 5.41) is 13.5. The van der Waals surface area contributed by atoms with Gasteiger partial charge in [0.15, 0.2) is 0 Å². The number of nitrogens with zero attached hydrogens (tertiary/aromatic N) is 2. The Hall–Kier alpha value is -2.36. The van der Waals surface area contributed by atoms with E-state index < -0.39 is 29.2 Å². The lowest BCUT2D eigenvalue weighted by Crippen LogP contribution is -2.44. The van der Waals surface area contributed by atoms with Crippen molar-refractivity contribution in [3.8, 4) is 0 Å². The van der Waals surface area contributed by atoms with E-state index in [0.29, 0.717) is 12.0 Å². The molecule has 0 fully saturated rings. The minimum absolute atomic E-state index is 0.271. The number of hydrogen-bond acceptors (Lipinski definition) is 6. The number of hydrogen-bond donors (Lipinski definition) is 3. The molecule has 0 saturated heterocycles. The molecule has 1 unspecified atom stereocenters. The number of rotatable bonds is 6. The van der Waals surface area contributed by atoms with Crippen molar-refractivity contribution in [1.29, 1.82) is 0 Å². The lowest BCUT2D eigenvalue weighted by Gasteiger charge is -2.21. The summed E-state index contributed by atoms with van der Waals surface area (Å²) in [4.78, 5) is 36.5. The molecule has 0 aliphatic rings. The molecular weight excluding hydrogens is 339 g/mol. The molecule has 9 nitrogen and oxygen atoms in total. The van der Waals surface area contributed by atoms with E-state index in [-0.39, 0.29) is 6.42 Å². The van der Waals surface area contributed by atoms with Crippen LogP contribution in [-0.2, 0) is 20.7 Å². The molecule has 10 heteroatoms. The maximum absolute atomic E-state index is 11.5. The van der Waals surface area contributed by atoms with Gasteiger partial charge in [0.2, 0.25) is 7.98 Å². The molecule has 144 valence electrons. The third-order valence-corrected chi connectivity index (χ3v) is 3.11. The summed E-state index contributed by atoms with van der Waals surface area (Å²) in [5.74, 6) is -0.833. The molecule has 1 heterocycles. The quantitative estimate of drug-likeness (QED) is 0.495. The zero-order valence-corrected chi connectivity index (χ0v) is 16.1. The second-order valence-electron chi connectivity index (χ2n) is 7.09. The molecule has 0 bridgehead atoms. The van der Waals surface area contributed by atoms with E-state index in [9.17, 15) is 14.4 Å². The number of aldehydes is 1. The Labute approximate surface area is 154 Å². The van der Waals surface area contributed by atoms with Gasteiger partial charge in [-0.05, 0) is 41.7 Å². The summed E-state index contributed by atoms with van der Waals surface area (Å²) in [6.45, 7) is 8.46. The van der Waals surface area contributed by atoms with Crippen LogP contribution in [0.25, 0.3) is 0 Å². The molecule has 1 atom stereocenters. The average molecular weight is 366 g/mol. The molecule has 0 aliphatic carbocycles. The van der Waals surface area contributed by atoms with Crippen LogP contribution in [0.5, 0.6) is 0 Å². The maximum Gasteiger partial charge on any atom is 0.408 e. The van der Waals surface area contributed by atoms with Gasteiger partial charge in [-0.2, -0.15) is 0 Å². The van der Waals surface area contributed by atoms with E-state index in [1.807, 2.05) is 0 Å². The van der Waals surface area contributed by atoms with Crippen molar-refractivity contribution in [1.82, 2.24) is 20.1 Å². The summed E-state index contributed by atoms with van der Waals surface area (Å²) in [6.07, 6.45) is 3.27. The second kappa shape index (κ2) is 9.96. The Balaban J connectivity index is 0.000000660. The van der Waals surface area contributed by atoms with Gasteiger partial charge in [-0.1, -0.05) is 0 Å². The number of nitrogens with one attached hydrogen (secondary N) is 2. The highest BCUT2D eigenvalue weighted by Crippen LogP contribution is 2.07. The average Bonchev–Trinajstić information content (AvgIpc) is 2.90. The lowest BCUT2D eigenvalue weighted by molar-refractivity contribution is -0.143. The van der Waals surface area contributed by atoms with Crippen molar-refractivity contribution in [2.24, 2.45) is 0 Å². The SMILES string of the molecule is CNC(C)(C)C(=O)O.[B]n1cnc(CC(C=O)NC(=O)OC(C)(C)C)c1. The van der Waals surface area contributed by atoms with Crippen LogP contribution in [-0.4, -0.2) is 65.1 Å². The van der Waals surface area contributed by atoms with Crippen LogP contribution in [0, 0.1) is 0 Å². The molecule has 1 rings (SSSR count). The summed E-state index contributed by atoms with van der Waals surface area (Å²) in [7, 11) is 7.05. The van der Waals surface area contributed by atoms with E-state index in [1.165, 1.54) is 10.8 Å². The van der Waals surface area contributed by atoms with Crippen LogP contribution in [0.3, 0.4) is 0 Å². The first-order valence-electron chi connectivity index (χ1n) is 7.95. The molecule has 1 aromatic rings. The van der Waals surface area contributed by atoms with Crippen molar-refractivity contribution in [3.63, 3.8) is 0 Å². The van der Waals surface area contributed by atoms with Crippen molar-refractivity contribution < 1.29 is 24.2 Å². The minimum Gasteiger partial charge on any atom is -0.480 e. The van der Waals surface area contributed by atoms with Gasteiger partial charge in [0, 0.05) is 12.6 Å². The smallest absolute Gasteiger partial charge is 0.408 e. The first kappa shape index (κ1) is 23.6. The molecule has 0 aromatic carbocycles. The predicted molar refractivity (Wildman–Crippen MR) is 97.1 cm³/mol. The monoisotopic (exact) mass is 366 g/mol. The summed E-state index contributed by atoms with van der Waals surface area (Å²) >= 11 is 0. The van der Waals surface area contributed by atoms with E-state index in [2.05, 4.69) is 15.6 Å². The van der Waals surface area contributed by atoms with Crippen molar-refractivity contribution in [2.45, 2.75) is 58.2 Å². The van der Waals surface area contributed by atoms with Crippen LogP contribution in [0.1, 0.15) is 40.3 Å². The molecule has 1 amide bonds. The fourth-order valence-corrected chi connectivity index (χ4v) is 1.41. The third-order valence-electron chi connectivity index (χ3n) is 3.11. The number of imidazole rings is 1. The van der Waals surface area contributed by atoms with Crippen molar-refractivity contribution >= 4 is 26.3 Å². The summed E-state index contributed by atoms with van der Waals surface area (Å²) in [5.41, 5.74) is -0.776. The zero-order chi connectivity index (χ0) is 20.5. The molecule has 0 saturated carbocycles. The zero-order valence-electron chi connectivity index (χ0n) is 16.1. The predicted octanol–water partition coefficient (Wildman–Crippen LogP) is 0.518. The third kappa shape index (κ3) is 9.82. The van der Waals surface area contributed by atoms with Gasteiger partial charge in [-0.3, -0.25) is 4.79 Å². The Morgan fingerprint density at radius 2 is 1.96 bits per heavy atom. The first-order chi connectivity index (χ1) is 11.8. The summed E-state index contributed by atoms with van der Waals surface area (Å²) < 4.78 is 6.34. The van der Waals surface area contributed by atoms with Gasteiger partial charge in [0.1, 0.15) is 17.4 Å². The van der Waals surface area contributed by atoms with Crippen molar-refractivity contribution in [3.05, 3.63) is 18.2 Å². The lowest BCUT2D eigenvalue weighted by atomic mass is 10.1. The highest BCUT2D eigenvalue weighted by atomic mass is 16.6. The molecule has 0 aliphatic heterocycles. The molecule has 1 aromatic heterocycles. The number of carboxylic acids is 1. The summed E-state index contributed by atoms with van der Waals surface area (Å²) in [6, 6.07) is -0.685. The number of carbonyl (C=O) groups is 3. The van der Waals surface area contributed by atoms with Crippen LogP contribution < -0.4 is 10.6 Å². The highest BCUT2D eigenvalue weighted by molar-refractivity contribution is 6.06. The molecule has 0 spiro atoms. The number of alkyl carbamates (subject to hydrolysis) is 1. The van der Waals surface area contributed by atoms with Crippen LogP contribution in [0.2, 0.25) is 0 Å². The number of carboxylic acid groups (broad SMARTS) is 1. The fraction of sp³-hybridized carbons (Fsp3) is 0.625. The van der Waals surface area contributed by atoms with Crippen LogP contribution in [0.15, 0.2) is 12.5 Å². The van der Waals surface area contributed by atoms with Crippen molar-refractivity contribution in [2.75, 3.05) is 7.05 Å². The second-order valence-corrected chi connectivity index (χ2v) is 7.09. The topological polar surface area (TPSA) is 123 Å². The standard InChI is InChI=1S/C11H16BN3O3.C5H11NO2/c1-11(2,3)18-10(17)14-9(6-16)4-8-5-15(12)7-13-8;1-5(2,6-3)4(7)8/h5-7,9H,4H2,1-3H3,(H,14,17);6H,1-3H3,(H,7,8). The number of likely N-dealkylation sites (N-methyl/N-ethyl adjacent to an activating group) is 1. The Bertz CT molecular complexity index is 610. The largest absolute Gasteiger partial charge is 0.480 e. The molecular formula is C16H27BN4O5. The number of aliphatic carboxylic acids is 1. The van der Waals surface area contributed by atoms with E-state index >= 15 is 0 Å².